The first-order chi connectivity index (χ1) is 16.0. The molecule has 1 aromatic heterocycles. The lowest BCUT2D eigenvalue weighted by Crippen LogP contribution is -2.27. The van der Waals surface area contributed by atoms with Crippen LogP contribution in [0.15, 0.2) is 95.9 Å². The first kappa shape index (κ1) is 21.0. The Morgan fingerprint density at radius 1 is 0.727 bits per heavy atom. The van der Waals surface area contributed by atoms with E-state index in [2.05, 4.69) is 47.0 Å². The Bertz CT molecular complexity index is 1370. The van der Waals surface area contributed by atoms with Gasteiger partial charge in [0.1, 0.15) is 0 Å². The van der Waals surface area contributed by atoms with E-state index in [1.165, 1.54) is 10.5 Å². The van der Waals surface area contributed by atoms with E-state index >= 15 is 0 Å². The van der Waals surface area contributed by atoms with Crippen LogP contribution in [0.2, 0.25) is 0 Å². The zero-order valence-corrected chi connectivity index (χ0v) is 19.2. The maximum atomic E-state index is 13.0. The van der Waals surface area contributed by atoms with Crippen LogP contribution in [0.3, 0.4) is 0 Å². The van der Waals surface area contributed by atoms with E-state index in [9.17, 15) is 9.59 Å². The number of thioether (sulfide) groups is 1. The van der Waals surface area contributed by atoms with Gasteiger partial charge in [-0.15, -0.1) is 0 Å². The molecule has 0 radical (unpaired) electrons. The standard InChI is InChI=1S/C28H22N2O2S/c1-19-17-23(18-26-27(31)30(28(32)33-26)24-11-7-4-8-12-24)20(2)29(19)25-15-13-22(14-16-25)21-9-5-3-6-10-21/h3-18H,1-2H3. The average Bonchev–Trinajstić information content (AvgIpc) is 3.28. The third kappa shape index (κ3) is 3.92. The van der Waals surface area contributed by atoms with Gasteiger partial charge in [0.2, 0.25) is 0 Å². The summed E-state index contributed by atoms with van der Waals surface area (Å²) in [6, 6.07) is 29.8. The fraction of sp³-hybridized carbons (Fsp3) is 0.0714. The van der Waals surface area contributed by atoms with Crippen LogP contribution < -0.4 is 4.90 Å². The molecule has 0 unspecified atom stereocenters. The van der Waals surface area contributed by atoms with Gasteiger partial charge >= 0.3 is 0 Å². The fourth-order valence-electron chi connectivity index (χ4n) is 4.17. The number of imide groups is 1. The summed E-state index contributed by atoms with van der Waals surface area (Å²) in [6.45, 7) is 4.08. The Labute approximate surface area is 197 Å². The van der Waals surface area contributed by atoms with Crippen LogP contribution in [0, 0.1) is 13.8 Å². The van der Waals surface area contributed by atoms with Crippen molar-refractivity contribution in [2.45, 2.75) is 13.8 Å². The molecule has 1 aliphatic rings. The Morgan fingerprint density at radius 3 is 2.00 bits per heavy atom. The minimum atomic E-state index is -0.284. The van der Waals surface area contributed by atoms with Crippen LogP contribution in [0.25, 0.3) is 22.9 Å². The molecule has 33 heavy (non-hydrogen) atoms. The van der Waals surface area contributed by atoms with Crippen molar-refractivity contribution >= 4 is 34.7 Å². The van der Waals surface area contributed by atoms with E-state index in [1.54, 1.807) is 12.1 Å². The van der Waals surface area contributed by atoms with Gasteiger partial charge in [0.15, 0.2) is 0 Å². The number of para-hydroxylation sites is 1. The molecule has 0 bridgehead atoms. The van der Waals surface area contributed by atoms with Gasteiger partial charge in [0.25, 0.3) is 11.1 Å². The maximum Gasteiger partial charge on any atom is 0.298 e. The number of carbonyl (C=O) groups is 2. The molecule has 3 aromatic carbocycles. The first-order valence-corrected chi connectivity index (χ1v) is 11.5. The minimum absolute atomic E-state index is 0.275. The number of nitrogens with zero attached hydrogens (tertiary/aromatic N) is 2. The number of carbonyl (C=O) groups excluding carboxylic acids is 2. The summed E-state index contributed by atoms with van der Waals surface area (Å²) in [7, 11) is 0. The second kappa shape index (κ2) is 8.60. The minimum Gasteiger partial charge on any atom is -0.318 e. The van der Waals surface area contributed by atoms with Crippen molar-refractivity contribution in [3.8, 4) is 16.8 Å². The van der Waals surface area contributed by atoms with Crippen LogP contribution in [0.1, 0.15) is 17.0 Å². The summed E-state index contributed by atoms with van der Waals surface area (Å²) >= 11 is 0.980. The smallest absolute Gasteiger partial charge is 0.298 e. The summed E-state index contributed by atoms with van der Waals surface area (Å²) < 4.78 is 2.17. The van der Waals surface area contributed by atoms with E-state index in [4.69, 9.17) is 0 Å². The molecule has 0 saturated carbocycles. The largest absolute Gasteiger partial charge is 0.318 e. The second-order valence-electron chi connectivity index (χ2n) is 7.93. The predicted molar refractivity (Wildman–Crippen MR) is 136 cm³/mol. The monoisotopic (exact) mass is 450 g/mol. The van der Waals surface area contributed by atoms with E-state index in [-0.39, 0.29) is 11.1 Å². The molecule has 162 valence electrons. The lowest BCUT2D eigenvalue weighted by molar-refractivity contribution is -0.113. The van der Waals surface area contributed by atoms with Gasteiger partial charge in [-0.05, 0) is 78.7 Å². The summed E-state index contributed by atoms with van der Waals surface area (Å²) in [5.41, 5.74) is 7.00. The average molecular weight is 451 g/mol. The number of hydrogen-bond acceptors (Lipinski definition) is 3. The number of benzene rings is 3. The van der Waals surface area contributed by atoms with Crippen molar-refractivity contribution in [1.29, 1.82) is 0 Å². The van der Waals surface area contributed by atoms with E-state index in [0.717, 1.165) is 40.0 Å². The number of aryl methyl sites for hydroxylation is 1. The van der Waals surface area contributed by atoms with E-state index in [0.29, 0.717) is 10.6 Å². The number of rotatable bonds is 4. The molecule has 5 rings (SSSR count). The Balaban J connectivity index is 1.46. The summed E-state index contributed by atoms with van der Waals surface area (Å²) in [5.74, 6) is -0.284. The summed E-state index contributed by atoms with van der Waals surface area (Å²) in [5, 5.41) is -0.275. The third-order valence-electron chi connectivity index (χ3n) is 5.80. The van der Waals surface area contributed by atoms with Gasteiger partial charge in [-0.1, -0.05) is 60.7 Å². The van der Waals surface area contributed by atoms with Gasteiger partial charge in [-0.25, -0.2) is 4.90 Å². The first-order valence-electron chi connectivity index (χ1n) is 10.7. The molecule has 0 atom stereocenters. The van der Waals surface area contributed by atoms with E-state index in [1.807, 2.05) is 56.3 Å². The van der Waals surface area contributed by atoms with Crippen LogP contribution in [-0.4, -0.2) is 15.7 Å². The quantitative estimate of drug-likeness (QED) is 0.314. The lowest BCUT2D eigenvalue weighted by atomic mass is 10.1. The fourth-order valence-corrected chi connectivity index (χ4v) is 5.01. The lowest BCUT2D eigenvalue weighted by Gasteiger charge is -2.12. The predicted octanol–water partition coefficient (Wildman–Crippen LogP) is 7.00. The number of hydrogen-bond donors (Lipinski definition) is 0. The number of aromatic nitrogens is 1. The molecule has 0 spiro atoms. The van der Waals surface area contributed by atoms with Crippen molar-refractivity contribution < 1.29 is 9.59 Å². The molecular weight excluding hydrogens is 428 g/mol. The number of anilines is 1. The van der Waals surface area contributed by atoms with Crippen LogP contribution in [0.4, 0.5) is 10.5 Å². The van der Waals surface area contributed by atoms with Crippen molar-refractivity contribution in [2.24, 2.45) is 0 Å². The zero-order valence-electron chi connectivity index (χ0n) is 18.4. The van der Waals surface area contributed by atoms with Gasteiger partial charge in [-0.3, -0.25) is 9.59 Å². The molecule has 2 amide bonds. The second-order valence-corrected chi connectivity index (χ2v) is 8.92. The molecule has 1 fully saturated rings. The molecule has 4 aromatic rings. The molecular formula is C28H22N2O2S. The molecule has 2 heterocycles. The van der Waals surface area contributed by atoms with Crippen molar-refractivity contribution in [1.82, 2.24) is 4.57 Å². The van der Waals surface area contributed by atoms with Gasteiger partial charge < -0.3 is 4.57 Å². The Morgan fingerprint density at radius 2 is 1.33 bits per heavy atom. The highest BCUT2D eigenvalue weighted by Crippen LogP contribution is 2.36. The van der Waals surface area contributed by atoms with Crippen molar-refractivity contribution in [3.05, 3.63) is 113 Å². The molecule has 4 nitrogen and oxygen atoms in total. The summed E-state index contributed by atoms with van der Waals surface area (Å²) in [4.78, 5) is 27.2. The molecule has 1 saturated heterocycles. The Kier molecular flexibility index (Phi) is 5.48. The van der Waals surface area contributed by atoms with Gasteiger partial charge in [0, 0.05) is 17.1 Å². The van der Waals surface area contributed by atoms with Crippen molar-refractivity contribution in [2.75, 3.05) is 4.90 Å². The van der Waals surface area contributed by atoms with Crippen LogP contribution in [-0.2, 0) is 4.79 Å². The van der Waals surface area contributed by atoms with Gasteiger partial charge in [0.05, 0.1) is 10.6 Å². The highest BCUT2D eigenvalue weighted by molar-refractivity contribution is 8.19. The highest BCUT2D eigenvalue weighted by Gasteiger charge is 2.36. The van der Waals surface area contributed by atoms with Gasteiger partial charge in [-0.2, -0.15) is 0 Å². The summed E-state index contributed by atoms with van der Waals surface area (Å²) in [6.07, 6.45) is 1.82. The topological polar surface area (TPSA) is 42.3 Å². The molecule has 0 aliphatic carbocycles. The van der Waals surface area contributed by atoms with Crippen LogP contribution >= 0.6 is 11.8 Å². The van der Waals surface area contributed by atoms with Crippen molar-refractivity contribution in [3.63, 3.8) is 0 Å². The zero-order chi connectivity index (χ0) is 22.9. The molecule has 5 heteroatoms. The number of amides is 2. The highest BCUT2D eigenvalue weighted by atomic mass is 32.2. The Hall–Kier alpha value is -3.83. The third-order valence-corrected chi connectivity index (χ3v) is 6.67. The molecule has 1 aliphatic heterocycles. The van der Waals surface area contributed by atoms with Crippen LogP contribution in [0.5, 0.6) is 0 Å². The van der Waals surface area contributed by atoms with E-state index < -0.39 is 0 Å². The normalized spacial score (nSPS) is 15.0. The SMILES string of the molecule is Cc1cc(C=C2SC(=O)N(c3ccccc3)C2=O)c(C)n1-c1ccc(-c2ccccc2)cc1. The maximum absolute atomic E-state index is 13.0. The molecule has 0 N–H and O–H groups in total.